The van der Waals surface area contributed by atoms with E-state index < -0.39 is 5.41 Å². The number of nitrogens with two attached hydrogens (primary N) is 1. The Kier molecular flexibility index (Phi) is 4.38. The van der Waals surface area contributed by atoms with Gasteiger partial charge in [-0.05, 0) is 74.5 Å². The maximum atomic E-state index is 13.1. The molecule has 4 aliphatic carbocycles. The number of ether oxygens (including phenoxy) is 1. The highest BCUT2D eigenvalue weighted by atomic mass is 16.6. The molecule has 0 spiro atoms. The van der Waals surface area contributed by atoms with Crippen LogP contribution in [0, 0.1) is 34.5 Å². The predicted molar refractivity (Wildman–Crippen MR) is 118 cm³/mol. The molecule has 1 aromatic heterocycles. The average molecular weight is 450 g/mol. The van der Waals surface area contributed by atoms with Gasteiger partial charge in [0.1, 0.15) is 6.10 Å². The van der Waals surface area contributed by atoms with Crippen molar-refractivity contribution in [1.29, 1.82) is 5.26 Å². The summed E-state index contributed by atoms with van der Waals surface area (Å²) in [5, 5.41) is 9.22. The molecule has 2 amide bonds. The lowest BCUT2D eigenvalue weighted by Gasteiger charge is -2.58. The van der Waals surface area contributed by atoms with Crippen molar-refractivity contribution >= 4 is 23.0 Å². The van der Waals surface area contributed by atoms with Gasteiger partial charge in [0.05, 0.1) is 34.1 Å². The fourth-order valence-electron chi connectivity index (χ4n) is 7.33. The molecule has 2 aromatic rings. The highest BCUT2D eigenvalue weighted by Gasteiger charge is 2.59. The molecular weight excluding hydrogens is 422 g/mol. The van der Waals surface area contributed by atoms with Crippen LogP contribution in [0.5, 0.6) is 0 Å². The number of benzene rings is 1. The van der Waals surface area contributed by atoms with Crippen LogP contribution in [0.1, 0.15) is 50.1 Å². The number of nitriles is 1. The Hall–Kier alpha value is -3.28. The maximum Gasteiger partial charge on any atom is 0.410 e. The van der Waals surface area contributed by atoms with Crippen LogP contribution in [0.15, 0.2) is 23.0 Å². The molecule has 4 saturated carbocycles. The van der Waals surface area contributed by atoms with E-state index >= 15 is 0 Å². The van der Waals surface area contributed by atoms with Crippen LogP contribution in [0.2, 0.25) is 0 Å². The Morgan fingerprint density at radius 3 is 2.67 bits per heavy atom. The number of fused-ring (bicyclic) bond motifs is 1. The summed E-state index contributed by atoms with van der Waals surface area (Å²) in [5.41, 5.74) is 6.96. The summed E-state index contributed by atoms with van der Waals surface area (Å²) in [6.07, 6.45) is 4.47. The molecule has 33 heavy (non-hydrogen) atoms. The second-order valence-corrected chi connectivity index (χ2v) is 10.5. The summed E-state index contributed by atoms with van der Waals surface area (Å²) in [7, 11) is 0. The SMILES string of the molecule is N#Cc1ccc2[nH]c(=O)n(C3CCN(C(=O)OC4C5CC6CC4CC(C(N)=O)(C6)C5)C3)c2c1. The number of carbonyl (C=O) groups is 2. The zero-order valence-corrected chi connectivity index (χ0v) is 18.3. The van der Waals surface area contributed by atoms with Crippen LogP contribution in [0.4, 0.5) is 4.79 Å². The molecule has 3 unspecified atom stereocenters. The third-order valence-electron chi connectivity index (χ3n) is 8.58. The molecule has 5 fully saturated rings. The smallest absolute Gasteiger partial charge is 0.410 e. The molecule has 7 rings (SSSR count). The van der Waals surface area contributed by atoms with E-state index in [0.29, 0.717) is 42.0 Å². The van der Waals surface area contributed by atoms with Crippen molar-refractivity contribution in [3.05, 3.63) is 34.2 Å². The summed E-state index contributed by atoms with van der Waals surface area (Å²) in [5.74, 6) is 0.712. The van der Waals surface area contributed by atoms with Gasteiger partial charge in [0.15, 0.2) is 0 Å². The number of primary amides is 1. The van der Waals surface area contributed by atoms with Crippen molar-refractivity contribution in [2.75, 3.05) is 13.1 Å². The van der Waals surface area contributed by atoms with Crippen molar-refractivity contribution in [2.45, 2.75) is 50.7 Å². The van der Waals surface area contributed by atoms with E-state index in [4.69, 9.17) is 10.5 Å². The number of H-pyrrole nitrogens is 1. The van der Waals surface area contributed by atoms with Gasteiger partial charge in [0, 0.05) is 13.1 Å². The summed E-state index contributed by atoms with van der Waals surface area (Å²) >= 11 is 0. The number of rotatable bonds is 3. The zero-order valence-electron chi connectivity index (χ0n) is 18.3. The summed E-state index contributed by atoms with van der Waals surface area (Å²) in [6.45, 7) is 0.898. The maximum absolute atomic E-state index is 13.1. The highest BCUT2D eigenvalue weighted by molar-refractivity contribution is 5.81. The Labute approximate surface area is 190 Å². The van der Waals surface area contributed by atoms with E-state index in [1.165, 1.54) is 0 Å². The molecule has 4 bridgehead atoms. The fraction of sp³-hybridized carbons (Fsp3) is 0.583. The predicted octanol–water partition coefficient (Wildman–Crippen LogP) is 2.26. The van der Waals surface area contributed by atoms with Gasteiger partial charge >= 0.3 is 11.8 Å². The number of hydrogen-bond acceptors (Lipinski definition) is 5. The van der Waals surface area contributed by atoms with E-state index in [2.05, 4.69) is 11.1 Å². The van der Waals surface area contributed by atoms with Crippen LogP contribution in [-0.2, 0) is 9.53 Å². The largest absolute Gasteiger partial charge is 0.446 e. The lowest BCUT2D eigenvalue weighted by atomic mass is 9.48. The minimum atomic E-state index is -0.406. The first-order valence-electron chi connectivity index (χ1n) is 11.8. The second-order valence-electron chi connectivity index (χ2n) is 10.5. The minimum Gasteiger partial charge on any atom is -0.446 e. The van der Waals surface area contributed by atoms with E-state index in [1.54, 1.807) is 27.7 Å². The molecule has 0 radical (unpaired) electrons. The van der Waals surface area contributed by atoms with E-state index in [9.17, 15) is 19.6 Å². The Balaban J connectivity index is 1.17. The van der Waals surface area contributed by atoms with Gasteiger partial charge in [-0.1, -0.05) is 0 Å². The average Bonchev–Trinajstić information content (AvgIpc) is 3.38. The van der Waals surface area contributed by atoms with E-state index in [0.717, 1.165) is 32.1 Å². The first-order valence-corrected chi connectivity index (χ1v) is 11.8. The Morgan fingerprint density at radius 2 is 1.97 bits per heavy atom. The van der Waals surface area contributed by atoms with Crippen LogP contribution < -0.4 is 11.4 Å². The van der Waals surface area contributed by atoms with E-state index in [-0.39, 0.29) is 41.7 Å². The van der Waals surface area contributed by atoms with Crippen molar-refractivity contribution in [3.63, 3.8) is 0 Å². The first kappa shape index (κ1) is 20.3. The van der Waals surface area contributed by atoms with Crippen LogP contribution in [0.3, 0.4) is 0 Å². The number of carbonyl (C=O) groups excluding carboxylic acids is 2. The normalized spacial score (nSPS) is 34.5. The number of nitrogens with one attached hydrogen (secondary N) is 1. The highest BCUT2D eigenvalue weighted by Crippen LogP contribution is 2.60. The van der Waals surface area contributed by atoms with Gasteiger partial charge in [-0.2, -0.15) is 5.26 Å². The van der Waals surface area contributed by atoms with Gasteiger partial charge in [-0.25, -0.2) is 9.59 Å². The summed E-state index contributed by atoms with van der Waals surface area (Å²) in [4.78, 5) is 42.4. The monoisotopic (exact) mass is 449 g/mol. The van der Waals surface area contributed by atoms with Crippen molar-refractivity contribution < 1.29 is 14.3 Å². The molecule has 5 aliphatic rings. The molecular formula is C24H27N5O4. The van der Waals surface area contributed by atoms with Crippen LogP contribution >= 0.6 is 0 Å². The lowest BCUT2D eigenvalue weighted by molar-refractivity contribution is -0.161. The molecule has 3 N–H and O–H groups in total. The molecule has 172 valence electrons. The molecule has 1 saturated heterocycles. The summed E-state index contributed by atoms with van der Waals surface area (Å²) in [6, 6.07) is 7.05. The third-order valence-corrected chi connectivity index (χ3v) is 8.58. The molecule has 1 aromatic carbocycles. The lowest BCUT2D eigenvalue weighted by Crippen LogP contribution is -2.59. The van der Waals surface area contributed by atoms with Gasteiger partial charge in [-0.15, -0.1) is 0 Å². The number of nitrogens with zero attached hydrogens (tertiary/aromatic N) is 3. The molecule has 1 aliphatic heterocycles. The Bertz CT molecular complexity index is 1240. The van der Waals surface area contributed by atoms with Gasteiger partial charge in [-0.3, -0.25) is 9.36 Å². The number of likely N-dealkylation sites (tertiary alicyclic amines) is 1. The molecule has 2 heterocycles. The zero-order chi connectivity index (χ0) is 22.9. The number of aromatic nitrogens is 2. The molecule has 3 atom stereocenters. The topological polar surface area (TPSA) is 134 Å². The molecule has 9 heteroatoms. The number of aromatic amines is 1. The van der Waals surface area contributed by atoms with Gasteiger partial charge < -0.3 is 20.4 Å². The quantitative estimate of drug-likeness (QED) is 0.741. The van der Waals surface area contributed by atoms with Crippen molar-refractivity contribution in [3.8, 4) is 6.07 Å². The number of hydrogen-bond donors (Lipinski definition) is 2. The van der Waals surface area contributed by atoms with Crippen LogP contribution in [0.25, 0.3) is 11.0 Å². The second kappa shape index (κ2) is 7.11. The van der Waals surface area contributed by atoms with Gasteiger partial charge in [0.25, 0.3) is 0 Å². The first-order chi connectivity index (χ1) is 15.9. The molecule has 9 nitrogen and oxygen atoms in total. The third kappa shape index (κ3) is 3.07. The number of amides is 2. The van der Waals surface area contributed by atoms with Gasteiger partial charge in [0.2, 0.25) is 5.91 Å². The van der Waals surface area contributed by atoms with E-state index in [1.807, 2.05) is 0 Å². The standard InChI is InChI=1S/C24H27N5O4/c25-11-13-1-2-18-19(7-13)29(22(31)27-18)17-3-4-28(12-17)23(32)33-20-15-5-14-6-16(20)10-24(8-14,9-15)21(26)30/h1-2,7,14-17,20H,3-6,8-10,12H2,(H2,26,30)(H,27,31). The fourth-order valence-corrected chi connectivity index (χ4v) is 7.33. The van der Waals surface area contributed by atoms with Crippen molar-refractivity contribution in [1.82, 2.24) is 14.5 Å². The summed E-state index contributed by atoms with van der Waals surface area (Å²) < 4.78 is 7.71. The number of imidazole rings is 1. The minimum absolute atomic E-state index is 0.158. The van der Waals surface area contributed by atoms with Crippen LogP contribution in [-0.4, -0.2) is 45.6 Å². The van der Waals surface area contributed by atoms with Crippen molar-refractivity contribution in [2.24, 2.45) is 28.9 Å². The Morgan fingerprint density at radius 1 is 1.21 bits per heavy atom.